The van der Waals surface area contributed by atoms with Crippen LogP contribution >= 0.6 is 0 Å². The summed E-state index contributed by atoms with van der Waals surface area (Å²) in [5.74, 6) is -1.82. The number of primary amides is 1. The zero-order valence-corrected chi connectivity index (χ0v) is 11.5. The summed E-state index contributed by atoms with van der Waals surface area (Å²) in [4.78, 5) is 35.0. The summed E-state index contributed by atoms with van der Waals surface area (Å²) < 4.78 is 0. The first-order chi connectivity index (χ1) is 9.21. The van der Waals surface area contributed by atoms with Crippen LogP contribution in [-0.2, 0) is 9.59 Å². The van der Waals surface area contributed by atoms with E-state index in [0.29, 0.717) is 19.4 Å². The number of piperidine rings is 1. The van der Waals surface area contributed by atoms with Gasteiger partial charge in [-0.25, -0.2) is 4.79 Å². The molecule has 0 spiro atoms. The zero-order chi connectivity index (χ0) is 15.3. The van der Waals surface area contributed by atoms with Gasteiger partial charge in [0.1, 0.15) is 0 Å². The van der Waals surface area contributed by atoms with E-state index in [0.717, 1.165) is 0 Å². The lowest BCUT2D eigenvalue weighted by molar-refractivity contribution is -0.142. The molecule has 1 fully saturated rings. The average molecular weight is 287 g/mol. The number of nitrogens with one attached hydrogen (secondary N) is 1. The van der Waals surface area contributed by atoms with Gasteiger partial charge < -0.3 is 26.2 Å². The summed E-state index contributed by atoms with van der Waals surface area (Å²) >= 11 is 0. The first-order valence-electron chi connectivity index (χ1n) is 6.47. The quantitative estimate of drug-likeness (QED) is 0.521. The van der Waals surface area contributed by atoms with Crippen LogP contribution in [0.1, 0.15) is 26.2 Å². The van der Waals surface area contributed by atoms with Crippen molar-refractivity contribution < 1.29 is 24.6 Å². The zero-order valence-electron chi connectivity index (χ0n) is 11.5. The molecule has 20 heavy (non-hydrogen) atoms. The number of likely N-dealkylation sites (tertiary alicyclic amines) is 1. The average Bonchev–Trinajstić information content (AvgIpc) is 2.34. The second kappa shape index (κ2) is 6.56. The summed E-state index contributed by atoms with van der Waals surface area (Å²) in [6.07, 6.45) is 0.870. The third kappa shape index (κ3) is 5.04. The Bertz CT molecular complexity index is 397. The molecule has 1 aliphatic heterocycles. The summed E-state index contributed by atoms with van der Waals surface area (Å²) in [5.41, 5.74) is 3.68. The first-order valence-corrected chi connectivity index (χ1v) is 6.47. The van der Waals surface area contributed by atoms with E-state index in [4.69, 9.17) is 10.8 Å². The van der Waals surface area contributed by atoms with Crippen LogP contribution < -0.4 is 11.1 Å². The van der Waals surface area contributed by atoms with Crippen molar-refractivity contribution in [1.29, 1.82) is 0 Å². The minimum absolute atomic E-state index is 0.148. The van der Waals surface area contributed by atoms with Crippen molar-refractivity contribution in [3.8, 4) is 0 Å². The Morgan fingerprint density at radius 2 is 2.10 bits per heavy atom. The summed E-state index contributed by atoms with van der Waals surface area (Å²) in [6.45, 7) is 1.99. The number of nitrogens with zero attached hydrogens (tertiary/aromatic N) is 1. The molecule has 5 N–H and O–H groups in total. The van der Waals surface area contributed by atoms with Gasteiger partial charge in [-0.1, -0.05) is 0 Å². The fraction of sp³-hybridized carbons (Fsp3) is 0.750. The number of carboxylic acids is 1. The standard InChI is InChI=1S/C12H21N3O5/c1-12(20,5-9(16)17)7-14-10(18)8-3-2-4-15(6-8)11(13)19/h8,20H,2-7H2,1H3,(H2,13,19)(H,14,18)(H,16,17). The van der Waals surface area contributed by atoms with E-state index >= 15 is 0 Å². The van der Waals surface area contributed by atoms with Crippen LogP contribution in [0.4, 0.5) is 4.79 Å². The number of rotatable bonds is 5. The van der Waals surface area contributed by atoms with Crippen LogP contribution in [0.5, 0.6) is 0 Å². The van der Waals surface area contributed by atoms with Gasteiger partial charge in [0.15, 0.2) is 0 Å². The van der Waals surface area contributed by atoms with E-state index in [1.165, 1.54) is 11.8 Å². The number of urea groups is 1. The van der Waals surface area contributed by atoms with Crippen molar-refractivity contribution in [2.24, 2.45) is 11.7 Å². The number of aliphatic carboxylic acids is 1. The van der Waals surface area contributed by atoms with Gasteiger partial charge in [0.05, 0.1) is 17.9 Å². The highest BCUT2D eigenvalue weighted by molar-refractivity contribution is 5.80. The number of carbonyl (C=O) groups is 3. The molecule has 8 nitrogen and oxygen atoms in total. The highest BCUT2D eigenvalue weighted by Gasteiger charge is 2.30. The van der Waals surface area contributed by atoms with Gasteiger partial charge in [-0.05, 0) is 19.8 Å². The Labute approximate surface area is 116 Å². The Morgan fingerprint density at radius 1 is 1.45 bits per heavy atom. The van der Waals surface area contributed by atoms with Gasteiger partial charge in [0.25, 0.3) is 0 Å². The molecule has 0 aromatic carbocycles. The van der Waals surface area contributed by atoms with Gasteiger partial charge in [-0.15, -0.1) is 0 Å². The molecule has 0 saturated carbocycles. The van der Waals surface area contributed by atoms with E-state index in [2.05, 4.69) is 5.32 Å². The molecule has 2 unspecified atom stereocenters. The predicted octanol–water partition coefficient (Wildman–Crippen LogP) is -0.881. The molecular weight excluding hydrogens is 266 g/mol. The second-order valence-corrected chi connectivity index (χ2v) is 5.41. The molecule has 0 aromatic rings. The Balaban J connectivity index is 2.46. The van der Waals surface area contributed by atoms with Gasteiger partial charge in [-0.3, -0.25) is 9.59 Å². The fourth-order valence-electron chi connectivity index (χ4n) is 2.20. The lowest BCUT2D eigenvalue weighted by Crippen LogP contribution is -2.49. The van der Waals surface area contributed by atoms with Gasteiger partial charge in [-0.2, -0.15) is 0 Å². The molecule has 0 bridgehead atoms. The van der Waals surface area contributed by atoms with Crippen molar-refractivity contribution in [3.05, 3.63) is 0 Å². The van der Waals surface area contributed by atoms with Crippen LogP contribution in [-0.4, -0.2) is 58.3 Å². The second-order valence-electron chi connectivity index (χ2n) is 5.41. The Hall–Kier alpha value is -1.83. The molecule has 8 heteroatoms. The summed E-state index contributed by atoms with van der Waals surface area (Å²) in [7, 11) is 0. The van der Waals surface area contributed by atoms with Gasteiger partial charge in [0, 0.05) is 19.6 Å². The number of nitrogens with two attached hydrogens (primary N) is 1. The Morgan fingerprint density at radius 3 is 2.65 bits per heavy atom. The van der Waals surface area contributed by atoms with E-state index < -0.39 is 24.0 Å². The third-order valence-electron chi connectivity index (χ3n) is 3.28. The molecule has 1 aliphatic rings. The normalized spacial score (nSPS) is 21.9. The number of carbonyl (C=O) groups excluding carboxylic acids is 2. The molecule has 2 atom stereocenters. The van der Waals surface area contributed by atoms with E-state index in [9.17, 15) is 19.5 Å². The monoisotopic (exact) mass is 287 g/mol. The molecular formula is C12H21N3O5. The van der Waals surface area contributed by atoms with Crippen molar-refractivity contribution in [2.75, 3.05) is 19.6 Å². The number of hydrogen-bond acceptors (Lipinski definition) is 4. The van der Waals surface area contributed by atoms with Crippen molar-refractivity contribution in [1.82, 2.24) is 10.2 Å². The molecule has 3 amide bonds. The van der Waals surface area contributed by atoms with Gasteiger partial charge in [0.2, 0.25) is 5.91 Å². The summed E-state index contributed by atoms with van der Waals surface area (Å²) in [5, 5.41) is 20.9. The van der Waals surface area contributed by atoms with Crippen LogP contribution in [0.2, 0.25) is 0 Å². The Kier molecular flexibility index (Phi) is 5.32. The van der Waals surface area contributed by atoms with Crippen LogP contribution in [0, 0.1) is 5.92 Å². The van der Waals surface area contributed by atoms with Crippen LogP contribution in [0.15, 0.2) is 0 Å². The molecule has 114 valence electrons. The minimum atomic E-state index is -1.50. The van der Waals surface area contributed by atoms with Crippen molar-refractivity contribution >= 4 is 17.9 Å². The van der Waals surface area contributed by atoms with E-state index in [1.807, 2.05) is 0 Å². The number of hydrogen-bond donors (Lipinski definition) is 4. The third-order valence-corrected chi connectivity index (χ3v) is 3.28. The lowest BCUT2D eigenvalue weighted by atomic mass is 9.96. The van der Waals surface area contributed by atoms with Crippen LogP contribution in [0.3, 0.4) is 0 Å². The molecule has 0 aliphatic carbocycles. The fourth-order valence-corrected chi connectivity index (χ4v) is 2.20. The summed E-state index contributed by atoms with van der Waals surface area (Å²) in [6, 6.07) is -0.555. The maximum absolute atomic E-state index is 12.0. The maximum Gasteiger partial charge on any atom is 0.314 e. The molecule has 1 saturated heterocycles. The highest BCUT2D eigenvalue weighted by atomic mass is 16.4. The SMILES string of the molecule is CC(O)(CNC(=O)C1CCCN(C(N)=O)C1)CC(=O)O. The number of aliphatic hydroxyl groups is 1. The van der Waals surface area contributed by atoms with E-state index in [1.54, 1.807) is 0 Å². The molecule has 1 rings (SSSR count). The van der Waals surface area contributed by atoms with Crippen molar-refractivity contribution in [3.63, 3.8) is 0 Å². The smallest absolute Gasteiger partial charge is 0.314 e. The lowest BCUT2D eigenvalue weighted by Gasteiger charge is -2.31. The molecule has 0 radical (unpaired) electrons. The molecule has 0 aromatic heterocycles. The van der Waals surface area contributed by atoms with Gasteiger partial charge >= 0.3 is 12.0 Å². The minimum Gasteiger partial charge on any atom is -0.481 e. The first kappa shape index (κ1) is 16.2. The maximum atomic E-state index is 12.0. The van der Waals surface area contributed by atoms with Crippen LogP contribution in [0.25, 0.3) is 0 Å². The molecule has 1 heterocycles. The number of carboxylic acid groups (broad SMARTS) is 1. The topological polar surface area (TPSA) is 133 Å². The highest BCUT2D eigenvalue weighted by Crippen LogP contribution is 2.17. The van der Waals surface area contributed by atoms with E-state index in [-0.39, 0.29) is 24.9 Å². The number of amides is 3. The van der Waals surface area contributed by atoms with Crippen molar-refractivity contribution in [2.45, 2.75) is 31.8 Å². The largest absolute Gasteiger partial charge is 0.481 e. The predicted molar refractivity (Wildman–Crippen MR) is 69.8 cm³/mol.